The van der Waals surface area contributed by atoms with Crippen LogP contribution in [0.4, 0.5) is 5.69 Å². The lowest BCUT2D eigenvalue weighted by atomic mass is 9.92. The summed E-state index contributed by atoms with van der Waals surface area (Å²) in [5, 5.41) is 11.7. The Morgan fingerprint density at radius 2 is 1.67 bits per heavy atom. The van der Waals surface area contributed by atoms with Gasteiger partial charge in [-0.3, -0.25) is 9.59 Å². The van der Waals surface area contributed by atoms with Crippen molar-refractivity contribution in [3.63, 3.8) is 0 Å². The Morgan fingerprint density at radius 3 is 2.30 bits per heavy atom. The molecule has 0 radical (unpaired) electrons. The van der Waals surface area contributed by atoms with Crippen molar-refractivity contribution < 1.29 is 24.2 Å². The lowest BCUT2D eigenvalue weighted by Gasteiger charge is -2.35. The van der Waals surface area contributed by atoms with E-state index in [9.17, 15) is 9.59 Å². The van der Waals surface area contributed by atoms with Gasteiger partial charge in [0.2, 0.25) is 0 Å². The molecule has 0 atom stereocenters. The van der Waals surface area contributed by atoms with Crippen LogP contribution in [0.15, 0.2) is 54.6 Å². The number of carbonyl (C=O) groups excluding carboxylic acids is 1. The predicted molar refractivity (Wildman–Crippen MR) is 100 cm³/mol. The molecule has 6 heteroatoms. The van der Waals surface area contributed by atoms with Gasteiger partial charge >= 0.3 is 5.97 Å². The summed E-state index contributed by atoms with van der Waals surface area (Å²) in [5.41, 5.74) is 1.37. The zero-order valence-corrected chi connectivity index (χ0v) is 15.0. The first-order valence-corrected chi connectivity index (χ1v) is 8.95. The fourth-order valence-corrected chi connectivity index (χ4v) is 3.06. The largest absolute Gasteiger partial charge is 0.481 e. The number of carboxylic acid groups (broad SMARTS) is 1. The van der Waals surface area contributed by atoms with E-state index < -0.39 is 11.6 Å². The zero-order chi connectivity index (χ0) is 19.1. The quantitative estimate of drug-likeness (QED) is 0.784. The molecule has 2 aromatic rings. The van der Waals surface area contributed by atoms with E-state index in [1.807, 2.05) is 30.3 Å². The first-order chi connectivity index (χ1) is 13.1. The summed E-state index contributed by atoms with van der Waals surface area (Å²) in [6.07, 6.45) is 0.932. The number of ether oxygens (including phenoxy) is 2. The van der Waals surface area contributed by atoms with Gasteiger partial charge in [0.15, 0.2) is 5.60 Å². The lowest BCUT2D eigenvalue weighted by molar-refractivity contribution is -0.158. The van der Waals surface area contributed by atoms with Gasteiger partial charge in [0, 0.05) is 31.7 Å². The predicted octanol–water partition coefficient (Wildman–Crippen LogP) is 3.02. The summed E-state index contributed by atoms with van der Waals surface area (Å²) in [6.45, 7) is 1.30. The topological polar surface area (TPSA) is 84.9 Å². The summed E-state index contributed by atoms with van der Waals surface area (Å²) in [4.78, 5) is 23.8. The van der Waals surface area contributed by atoms with Crippen LogP contribution in [0.3, 0.4) is 0 Å². The van der Waals surface area contributed by atoms with E-state index in [1.165, 1.54) is 0 Å². The number of aliphatic carboxylic acids is 1. The molecule has 142 valence electrons. The normalized spacial score (nSPS) is 15.9. The Bertz CT molecular complexity index is 767. The third-order valence-electron chi connectivity index (χ3n) is 4.64. The van der Waals surface area contributed by atoms with Crippen LogP contribution in [0, 0.1) is 0 Å². The number of hydrogen-bond donors (Lipinski definition) is 2. The fourth-order valence-electron chi connectivity index (χ4n) is 3.06. The summed E-state index contributed by atoms with van der Waals surface area (Å²) in [7, 11) is 0. The van der Waals surface area contributed by atoms with Crippen LogP contribution in [0.1, 0.15) is 24.0 Å². The van der Waals surface area contributed by atoms with Crippen LogP contribution in [0.5, 0.6) is 0 Å². The minimum atomic E-state index is -0.937. The molecule has 2 N–H and O–H groups in total. The van der Waals surface area contributed by atoms with Crippen molar-refractivity contribution in [2.45, 2.75) is 31.5 Å². The van der Waals surface area contributed by atoms with E-state index in [0.717, 1.165) is 5.56 Å². The molecule has 1 saturated heterocycles. The number of anilines is 1. The monoisotopic (exact) mass is 369 g/mol. The molecule has 1 heterocycles. The second-order valence-electron chi connectivity index (χ2n) is 6.60. The van der Waals surface area contributed by atoms with E-state index >= 15 is 0 Å². The summed E-state index contributed by atoms with van der Waals surface area (Å²) in [5.74, 6) is -1.09. The van der Waals surface area contributed by atoms with Crippen LogP contribution < -0.4 is 5.32 Å². The van der Waals surface area contributed by atoms with E-state index in [4.69, 9.17) is 14.6 Å². The van der Waals surface area contributed by atoms with Crippen LogP contribution in [0.25, 0.3) is 0 Å². The second-order valence-corrected chi connectivity index (χ2v) is 6.60. The van der Waals surface area contributed by atoms with Crippen molar-refractivity contribution in [3.05, 3.63) is 65.7 Å². The van der Waals surface area contributed by atoms with E-state index in [2.05, 4.69) is 5.32 Å². The van der Waals surface area contributed by atoms with Gasteiger partial charge < -0.3 is 19.9 Å². The summed E-state index contributed by atoms with van der Waals surface area (Å²) >= 11 is 0. The Morgan fingerprint density at radius 1 is 1.00 bits per heavy atom. The highest BCUT2D eigenvalue weighted by Gasteiger charge is 2.41. The number of hydrogen-bond acceptors (Lipinski definition) is 4. The number of carboxylic acids is 1. The minimum absolute atomic E-state index is 0.0459. The summed E-state index contributed by atoms with van der Waals surface area (Å²) in [6, 6.07) is 16.6. The molecule has 0 unspecified atom stereocenters. The fraction of sp³-hybridized carbons (Fsp3) is 0.333. The van der Waals surface area contributed by atoms with Gasteiger partial charge in [-0.15, -0.1) is 0 Å². The molecule has 2 aromatic carbocycles. The second kappa shape index (κ2) is 8.79. The highest BCUT2D eigenvalue weighted by Crippen LogP contribution is 2.28. The smallest absolute Gasteiger partial charge is 0.307 e. The molecular weight excluding hydrogens is 346 g/mol. The van der Waals surface area contributed by atoms with Crippen LogP contribution in [-0.2, 0) is 32.1 Å². The van der Waals surface area contributed by atoms with E-state index in [-0.39, 0.29) is 12.3 Å². The Hall–Kier alpha value is -2.70. The third kappa shape index (κ3) is 5.15. The van der Waals surface area contributed by atoms with Crippen molar-refractivity contribution in [2.24, 2.45) is 0 Å². The number of amides is 1. The maximum Gasteiger partial charge on any atom is 0.307 e. The van der Waals surface area contributed by atoms with E-state index in [1.54, 1.807) is 24.3 Å². The van der Waals surface area contributed by atoms with Gasteiger partial charge in [0.05, 0.1) is 13.0 Å². The van der Waals surface area contributed by atoms with Gasteiger partial charge in [-0.25, -0.2) is 0 Å². The Balaban J connectivity index is 1.68. The van der Waals surface area contributed by atoms with Gasteiger partial charge in [-0.05, 0) is 23.3 Å². The van der Waals surface area contributed by atoms with Crippen molar-refractivity contribution in [1.82, 2.24) is 0 Å². The number of benzene rings is 2. The van der Waals surface area contributed by atoms with Crippen molar-refractivity contribution in [2.75, 3.05) is 18.5 Å². The van der Waals surface area contributed by atoms with Gasteiger partial charge in [-0.2, -0.15) is 0 Å². The molecule has 3 rings (SSSR count). The standard InChI is InChI=1S/C21H23NO5/c23-19(24)14-16-6-8-18(9-7-16)22-20(25)21(10-12-26-13-11-21)27-15-17-4-2-1-3-5-17/h1-9H,10-15H2,(H,22,25)(H,23,24). The maximum absolute atomic E-state index is 13.0. The molecule has 0 aliphatic carbocycles. The average molecular weight is 369 g/mol. The first kappa shape index (κ1) is 19.1. The molecule has 0 aromatic heterocycles. The Labute approximate surface area is 158 Å². The molecule has 27 heavy (non-hydrogen) atoms. The van der Waals surface area contributed by atoms with E-state index in [0.29, 0.717) is 43.9 Å². The number of rotatable bonds is 7. The molecule has 1 aliphatic rings. The molecule has 0 saturated carbocycles. The van der Waals surface area contributed by atoms with Crippen molar-refractivity contribution >= 4 is 17.6 Å². The molecule has 1 aliphatic heterocycles. The van der Waals surface area contributed by atoms with Crippen LogP contribution >= 0.6 is 0 Å². The van der Waals surface area contributed by atoms with Crippen LogP contribution in [-0.4, -0.2) is 35.8 Å². The molecule has 0 spiro atoms. The molecule has 6 nitrogen and oxygen atoms in total. The number of carbonyl (C=O) groups is 2. The molecule has 0 bridgehead atoms. The highest BCUT2D eigenvalue weighted by atomic mass is 16.5. The van der Waals surface area contributed by atoms with Gasteiger partial charge in [0.25, 0.3) is 5.91 Å². The van der Waals surface area contributed by atoms with Crippen molar-refractivity contribution in [3.8, 4) is 0 Å². The zero-order valence-electron chi connectivity index (χ0n) is 15.0. The molecular formula is C21H23NO5. The van der Waals surface area contributed by atoms with Crippen molar-refractivity contribution in [1.29, 1.82) is 0 Å². The lowest BCUT2D eigenvalue weighted by Crippen LogP contribution is -2.49. The molecule has 1 amide bonds. The third-order valence-corrected chi connectivity index (χ3v) is 4.64. The van der Waals surface area contributed by atoms with Crippen LogP contribution in [0.2, 0.25) is 0 Å². The number of nitrogens with one attached hydrogen (secondary N) is 1. The van der Waals surface area contributed by atoms with Gasteiger partial charge in [-0.1, -0.05) is 42.5 Å². The Kier molecular flexibility index (Phi) is 6.21. The maximum atomic E-state index is 13.0. The molecule has 1 fully saturated rings. The van der Waals surface area contributed by atoms with Gasteiger partial charge in [0.1, 0.15) is 0 Å². The average Bonchev–Trinajstić information content (AvgIpc) is 2.69. The minimum Gasteiger partial charge on any atom is -0.481 e. The first-order valence-electron chi connectivity index (χ1n) is 8.95. The SMILES string of the molecule is O=C(O)Cc1ccc(NC(=O)C2(OCc3ccccc3)CCOCC2)cc1. The summed E-state index contributed by atoms with van der Waals surface area (Å²) < 4.78 is 11.5. The highest BCUT2D eigenvalue weighted by molar-refractivity contribution is 5.97.